The average Bonchev–Trinajstić information content (AvgIpc) is 2.16. The molecule has 1 fully saturated rings. The second-order valence-corrected chi connectivity index (χ2v) is 5.91. The first kappa shape index (κ1) is 12.9. The van der Waals surface area contributed by atoms with Crippen molar-refractivity contribution >= 4 is 0 Å². The van der Waals surface area contributed by atoms with Crippen LogP contribution in [0.4, 0.5) is 0 Å². The molecule has 0 aromatic heterocycles. The molecule has 0 bridgehead atoms. The lowest BCUT2D eigenvalue weighted by atomic mass is 9.65. The summed E-state index contributed by atoms with van der Waals surface area (Å²) in [7, 11) is 0. The van der Waals surface area contributed by atoms with E-state index in [1.54, 1.807) is 0 Å². The first-order chi connectivity index (χ1) is 6.90. The fraction of sp³-hybridized carbons (Fsp3) is 1.00. The molecule has 2 atom stereocenters. The Hall–Kier alpha value is -0.120. The van der Waals surface area contributed by atoms with Crippen molar-refractivity contribution in [3.8, 4) is 0 Å². The van der Waals surface area contributed by atoms with E-state index in [0.717, 1.165) is 12.8 Å². The summed E-state index contributed by atoms with van der Waals surface area (Å²) in [6, 6.07) is 0. The van der Waals surface area contributed by atoms with E-state index < -0.39 is 6.10 Å². The minimum absolute atomic E-state index is 0.0181. The van der Waals surface area contributed by atoms with Gasteiger partial charge in [-0.1, -0.05) is 20.8 Å². The van der Waals surface area contributed by atoms with E-state index in [-0.39, 0.29) is 30.5 Å². The van der Waals surface area contributed by atoms with Gasteiger partial charge in [0.25, 0.3) is 0 Å². The van der Waals surface area contributed by atoms with Crippen LogP contribution in [0.5, 0.6) is 0 Å². The molecule has 0 aromatic rings. The van der Waals surface area contributed by atoms with Crippen molar-refractivity contribution in [1.82, 2.24) is 0 Å². The average molecular weight is 216 g/mol. The second-order valence-electron chi connectivity index (χ2n) is 5.91. The zero-order valence-corrected chi connectivity index (χ0v) is 9.98. The summed E-state index contributed by atoms with van der Waals surface area (Å²) < 4.78 is 0. The predicted octanol–water partition coefficient (Wildman–Crippen LogP) is 1.02. The summed E-state index contributed by atoms with van der Waals surface area (Å²) in [6.45, 7) is 6.57. The molecule has 1 saturated carbocycles. The van der Waals surface area contributed by atoms with E-state index in [9.17, 15) is 15.3 Å². The standard InChI is InChI=1S/C12H24O3/c1-12(2,3)10-4-8(6-13)11(15)9(5-10)7-14/h8-11,13-15H,4-7H2,1-3H3. The molecule has 0 saturated heterocycles. The number of hydrogen-bond donors (Lipinski definition) is 3. The summed E-state index contributed by atoms with van der Waals surface area (Å²) in [5.41, 5.74) is 0.182. The lowest BCUT2D eigenvalue weighted by Gasteiger charge is -2.43. The van der Waals surface area contributed by atoms with Crippen LogP contribution in [0.25, 0.3) is 0 Å². The highest BCUT2D eigenvalue weighted by Crippen LogP contribution is 2.42. The quantitative estimate of drug-likeness (QED) is 0.646. The molecule has 1 aliphatic carbocycles. The van der Waals surface area contributed by atoms with Crippen molar-refractivity contribution in [3.63, 3.8) is 0 Å². The largest absolute Gasteiger partial charge is 0.396 e. The molecule has 3 heteroatoms. The Balaban J connectivity index is 2.73. The molecule has 1 aliphatic rings. The Morgan fingerprint density at radius 1 is 1.00 bits per heavy atom. The molecule has 0 aliphatic heterocycles. The predicted molar refractivity (Wildman–Crippen MR) is 59.3 cm³/mol. The minimum Gasteiger partial charge on any atom is -0.396 e. The Morgan fingerprint density at radius 2 is 1.40 bits per heavy atom. The molecule has 0 aromatic carbocycles. The third-order valence-electron chi connectivity index (χ3n) is 3.83. The third kappa shape index (κ3) is 2.92. The first-order valence-electron chi connectivity index (χ1n) is 5.80. The molecule has 0 spiro atoms. The van der Waals surface area contributed by atoms with Gasteiger partial charge in [-0.2, -0.15) is 0 Å². The van der Waals surface area contributed by atoms with Gasteiger partial charge in [0.1, 0.15) is 0 Å². The number of aliphatic hydroxyl groups is 3. The summed E-state index contributed by atoms with van der Waals surface area (Å²) in [5.74, 6) is 0.329. The van der Waals surface area contributed by atoms with Crippen molar-refractivity contribution in [2.75, 3.05) is 13.2 Å². The maximum Gasteiger partial charge on any atom is 0.0640 e. The van der Waals surface area contributed by atoms with Gasteiger partial charge in [-0.05, 0) is 24.2 Å². The zero-order valence-electron chi connectivity index (χ0n) is 9.98. The summed E-state index contributed by atoms with van der Waals surface area (Å²) in [5, 5.41) is 28.3. The van der Waals surface area contributed by atoms with Crippen LogP contribution in [-0.2, 0) is 0 Å². The summed E-state index contributed by atoms with van der Waals surface area (Å²) in [4.78, 5) is 0. The van der Waals surface area contributed by atoms with E-state index in [1.807, 2.05) is 0 Å². The van der Waals surface area contributed by atoms with Crippen molar-refractivity contribution in [3.05, 3.63) is 0 Å². The second kappa shape index (κ2) is 4.81. The van der Waals surface area contributed by atoms with Gasteiger partial charge in [0.15, 0.2) is 0 Å². The van der Waals surface area contributed by atoms with Crippen molar-refractivity contribution in [1.29, 1.82) is 0 Å². The molecule has 0 amide bonds. The van der Waals surface area contributed by atoms with Crippen LogP contribution >= 0.6 is 0 Å². The van der Waals surface area contributed by atoms with Crippen LogP contribution in [0.3, 0.4) is 0 Å². The van der Waals surface area contributed by atoms with Crippen LogP contribution in [0.1, 0.15) is 33.6 Å². The van der Waals surface area contributed by atoms with Crippen LogP contribution in [0.2, 0.25) is 0 Å². The first-order valence-corrected chi connectivity index (χ1v) is 5.80. The van der Waals surface area contributed by atoms with Crippen molar-refractivity contribution in [2.24, 2.45) is 23.2 Å². The van der Waals surface area contributed by atoms with Gasteiger partial charge in [0.05, 0.1) is 6.10 Å². The van der Waals surface area contributed by atoms with Gasteiger partial charge in [0.2, 0.25) is 0 Å². The van der Waals surface area contributed by atoms with Gasteiger partial charge >= 0.3 is 0 Å². The zero-order chi connectivity index (χ0) is 11.6. The molecule has 0 radical (unpaired) electrons. The SMILES string of the molecule is CC(C)(C)C1CC(CO)C(O)C(CO)C1. The number of aliphatic hydroxyl groups excluding tert-OH is 3. The van der Waals surface area contributed by atoms with Gasteiger partial charge in [-0.15, -0.1) is 0 Å². The smallest absolute Gasteiger partial charge is 0.0640 e. The van der Waals surface area contributed by atoms with Crippen molar-refractivity contribution in [2.45, 2.75) is 39.7 Å². The highest BCUT2D eigenvalue weighted by Gasteiger charge is 2.40. The van der Waals surface area contributed by atoms with E-state index in [0.29, 0.717) is 5.92 Å². The maximum absolute atomic E-state index is 9.89. The summed E-state index contributed by atoms with van der Waals surface area (Å²) in [6.07, 6.45) is 1.17. The van der Waals surface area contributed by atoms with Crippen LogP contribution in [0.15, 0.2) is 0 Å². The molecular formula is C12H24O3. The fourth-order valence-corrected chi connectivity index (χ4v) is 2.56. The van der Waals surface area contributed by atoms with E-state index >= 15 is 0 Å². The fourth-order valence-electron chi connectivity index (χ4n) is 2.56. The molecule has 1 rings (SSSR count). The van der Waals surface area contributed by atoms with Gasteiger partial charge in [0, 0.05) is 25.0 Å². The normalized spacial score (nSPS) is 38.0. The van der Waals surface area contributed by atoms with E-state index in [4.69, 9.17) is 0 Å². The van der Waals surface area contributed by atoms with E-state index in [1.165, 1.54) is 0 Å². The maximum atomic E-state index is 9.89. The Morgan fingerprint density at radius 3 is 1.67 bits per heavy atom. The van der Waals surface area contributed by atoms with Crippen LogP contribution in [-0.4, -0.2) is 34.6 Å². The van der Waals surface area contributed by atoms with Crippen LogP contribution in [0, 0.1) is 23.2 Å². The van der Waals surface area contributed by atoms with Crippen molar-refractivity contribution < 1.29 is 15.3 Å². The number of rotatable bonds is 2. The molecule has 15 heavy (non-hydrogen) atoms. The molecule has 0 heterocycles. The van der Waals surface area contributed by atoms with E-state index in [2.05, 4.69) is 20.8 Å². The van der Waals surface area contributed by atoms with Gasteiger partial charge < -0.3 is 15.3 Å². The lowest BCUT2D eigenvalue weighted by Crippen LogP contribution is -2.43. The third-order valence-corrected chi connectivity index (χ3v) is 3.83. The topological polar surface area (TPSA) is 60.7 Å². The monoisotopic (exact) mass is 216 g/mol. The molecule has 90 valence electrons. The van der Waals surface area contributed by atoms with Gasteiger partial charge in [-0.3, -0.25) is 0 Å². The van der Waals surface area contributed by atoms with Gasteiger partial charge in [-0.25, -0.2) is 0 Å². The molecule has 2 unspecified atom stereocenters. The lowest BCUT2D eigenvalue weighted by molar-refractivity contribution is -0.0619. The number of hydrogen-bond acceptors (Lipinski definition) is 3. The summed E-state index contributed by atoms with van der Waals surface area (Å²) >= 11 is 0. The highest BCUT2D eigenvalue weighted by molar-refractivity contribution is 4.89. The Bertz CT molecular complexity index is 184. The molecule has 3 N–H and O–H groups in total. The van der Waals surface area contributed by atoms with Crippen LogP contribution < -0.4 is 0 Å². The molecular weight excluding hydrogens is 192 g/mol. The minimum atomic E-state index is -0.543. The Labute approximate surface area is 92.1 Å². The Kier molecular flexibility index (Phi) is 4.15. The molecule has 3 nitrogen and oxygen atoms in total. The highest BCUT2D eigenvalue weighted by atomic mass is 16.3.